The van der Waals surface area contributed by atoms with Crippen LogP contribution in [0.2, 0.25) is 0 Å². The molecule has 1 amide bonds. The third-order valence-electron chi connectivity index (χ3n) is 6.45. The maximum absolute atomic E-state index is 13.2. The summed E-state index contributed by atoms with van der Waals surface area (Å²) in [6.45, 7) is 2.48. The smallest absolute Gasteiger partial charge is 0.261 e. The van der Waals surface area contributed by atoms with Gasteiger partial charge in [0.05, 0.1) is 9.58 Å². The fourth-order valence-corrected chi connectivity index (χ4v) is 5.59. The number of piperidine rings is 1. The molecule has 0 bridgehead atoms. The predicted molar refractivity (Wildman–Crippen MR) is 127 cm³/mol. The lowest BCUT2D eigenvalue weighted by Crippen LogP contribution is -2.41. The second kappa shape index (κ2) is 9.89. The number of unbranched alkanes of at least 4 members (excludes halogenated alkanes) is 1. The molecule has 2 atom stereocenters. The fourth-order valence-electron chi connectivity index (χ4n) is 4.65. The molecular weight excluding hydrogens is 438 g/mol. The number of ketones is 1. The van der Waals surface area contributed by atoms with Crippen LogP contribution in [-0.4, -0.2) is 43.1 Å². The third-order valence-corrected chi connectivity index (χ3v) is 7.54. The Morgan fingerprint density at radius 3 is 2.97 bits per heavy atom. The number of hydrogen-bond donors (Lipinski definition) is 2. The lowest BCUT2D eigenvalue weighted by Gasteiger charge is -2.31. The summed E-state index contributed by atoms with van der Waals surface area (Å²) in [5.74, 6) is 1.77. The number of aromatic nitrogens is 1. The van der Waals surface area contributed by atoms with Crippen LogP contribution in [0.4, 0.5) is 0 Å². The van der Waals surface area contributed by atoms with Crippen molar-refractivity contribution in [2.75, 3.05) is 26.4 Å². The molecule has 0 aliphatic carbocycles. The highest BCUT2D eigenvalue weighted by Crippen LogP contribution is 2.35. The van der Waals surface area contributed by atoms with Gasteiger partial charge in [-0.2, -0.15) is 0 Å². The minimum atomic E-state index is -0.0409. The van der Waals surface area contributed by atoms with Crippen molar-refractivity contribution in [3.05, 3.63) is 53.2 Å². The van der Waals surface area contributed by atoms with E-state index in [1.54, 1.807) is 18.5 Å². The summed E-state index contributed by atoms with van der Waals surface area (Å²) in [7, 11) is 0. The van der Waals surface area contributed by atoms with Crippen molar-refractivity contribution in [1.82, 2.24) is 15.6 Å². The number of Topliss-reactive ketones (excluding diaryl/α,β-unsaturated/α-hetero) is 1. The van der Waals surface area contributed by atoms with E-state index in [1.807, 2.05) is 24.3 Å². The van der Waals surface area contributed by atoms with Crippen LogP contribution in [0.1, 0.15) is 45.7 Å². The molecule has 1 aromatic carbocycles. The molecule has 172 valence electrons. The van der Waals surface area contributed by atoms with Gasteiger partial charge in [-0.05, 0) is 67.4 Å². The van der Waals surface area contributed by atoms with Gasteiger partial charge in [-0.3, -0.25) is 14.6 Å². The van der Waals surface area contributed by atoms with Gasteiger partial charge in [0.25, 0.3) is 5.91 Å². The first-order chi connectivity index (χ1) is 16.2. The summed E-state index contributed by atoms with van der Waals surface area (Å²) >= 11 is 1.46. The molecule has 0 radical (unpaired) electrons. The first-order valence-electron chi connectivity index (χ1n) is 11.5. The van der Waals surface area contributed by atoms with E-state index in [-0.39, 0.29) is 24.4 Å². The molecule has 5 rings (SSSR count). The van der Waals surface area contributed by atoms with Crippen LogP contribution in [0, 0.1) is 11.8 Å². The summed E-state index contributed by atoms with van der Waals surface area (Å²) < 4.78 is 11.8. The van der Waals surface area contributed by atoms with Gasteiger partial charge in [0.1, 0.15) is 0 Å². The Kier molecular flexibility index (Phi) is 6.55. The SMILES string of the molecule is O=C(NCCCCC1CCNCC1C(=O)c1ccc2c(c1)OCO2)c1cc2ccncc2s1. The zero-order chi connectivity index (χ0) is 22.6. The minimum absolute atomic E-state index is 0.0334. The van der Waals surface area contributed by atoms with Crippen LogP contribution in [0.3, 0.4) is 0 Å². The van der Waals surface area contributed by atoms with Gasteiger partial charge in [-0.15, -0.1) is 11.3 Å². The van der Waals surface area contributed by atoms with Gasteiger partial charge < -0.3 is 20.1 Å². The Labute approximate surface area is 196 Å². The largest absolute Gasteiger partial charge is 0.454 e. The highest BCUT2D eigenvalue weighted by Gasteiger charge is 2.31. The van der Waals surface area contributed by atoms with Crippen LogP contribution < -0.4 is 20.1 Å². The summed E-state index contributed by atoms with van der Waals surface area (Å²) in [6.07, 6.45) is 7.37. The molecule has 2 aromatic heterocycles. The van der Waals surface area contributed by atoms with E-state index >= 15 is 0 Å². The number of amides is 1. The van der Waals surface area contributed by atoms with Crippen molar-refractivity contribution < 1.29 is 19.1 Å². The molecule has 33 heavy (non-hydrogen) atoms. The Balaban J connectivity index is 1.11. The van der Waals surface area contributed by atoms with Crippen LogP contribution >= 0.6 is 11.3 Å². The molecular formula is C25H27N3O4S. The van der Waals surface area contributed by atoms with Crippen molar-refractivity contribution in [3.8, 4) is 11.5 Å². The summed E-state index contributed by atoms with van der Waals surface area (Å²) in [4.78, 5) is 30.5. The Morgan fingerprint density at radius 1 is 1.15 bits per heavy atom. The number of pyridine rings is 1. The maximum atomic E-state index is 13.2. The molecule has 0 spiro atoms. The van der Waals surface area contributed by atoms with E-state index in [9.17, 15) is 9.59 Å². The number of carbonyl (C=O) groups is 2. The lowest BCUT2D eigenvalue weighted by atomic mass is 9.78. The van der Waals surface area contributed by atoms with E-state index in [2.05, 4.69) is 15.6 Å². The molecule has 0 saturated carbocycles. The quantitative estimate of drug-likeness (QED) is 0.386. The number of fused-ring (bicyclic) bond motifs is 2. The number of rotatable bonds is 8. The van der Waals surface area contributed by atoms with E-state index in [0.717, 1.165) is 42.3 Å². The van der Waals surface area contributed by atoms with Crippen LogP contribution in [0.25, 0.3) is 10.1 Å². The van der Waals surface area contributed by atoms with Crippen LogP contribution in [0.5, 0.6) is 11.5 Å². The zero-order valence-corrected chi connectivity index (χ0v) is 19.2. The van der Waals surface area contributed by atoms with Gasteiger partial charge in [0, 0.05) is 37.0 Å². The summed E-state index contributed by atoms with van der Waals surface area (Å²) in [5, 5.41) is 7.45. The van der Waals surface area contributed by atoms with Crippen LogP contribution in [0.15, 0.2) is 42.7 Å². The molecule has 2 aliphatic rings. The van der Waals surface area contributed by atoms with Gasteiger partial charge in [0.2, 0.25) is 6.79 Å². The van der Waals surface area contributed by atoms with E-state index < -0.39 is 0 Å². The fraction of sp³-hybridized carbons (Fsp3) is 0.400. The number of ether oxygens (including phenoxy) is 2. The Morgan fingerprint density at radius 2 is 2.06 bits per heavy atom. The average Bonchev–Trinajstić information content (AvgIpc) is 3.50. The molecule has 7 nitrogen and oxygen atoms in total. The maximum Gasteiger partial charge on any atom is 0.261 e. The van der Waals surface area contributed by atoms with Crippen molar-refractivity contribution >= 4 is 33.1 Å². The van der Waals surface area contributed by atoms with Gasteiger partial charge in [-0.25, -0.2) is 0 Å². The number of benzene rings is 1. The molecule has 2 aliphatic heterocycles. The first kappa shape index (κ1) is 21.9. The van der Waals surface area contributed by atoms with Gasteiger partial charge in [-0.1, -0.05) is 6.42 Å². The normalized spacial score (nSPS) is 19.5. The molecule has 8 heteroatoms. The number of hydrogen-bond acceptors (Lipinski definition) is 7. The van der Waals surface area contributed by atoms with Crippen molar-refractivity contribution in [2.45, 2.75) is 25.7 Å². The topological polar surface area (TPSA) is 89.6 Å². The highest BCUT2D eigenvalue weighted by atomic mass is 32.1. The molecule has 1 saturated heterocycles. The Bertz CT molecular complexity index is 1130. The van der Waals surface area contributed by atoms with Crippen molar-refractivity contribution in [3.63, 3.8) is 0 Å². The van der Waals surface area contributed by atoms with Crippen LogP contribution in [-0.2, 0) is 0 Å². The minimum Gasteiger partial charge on any atom is -0.454 e. The predicted octanol–water partition coefficient (Wildman–Crippen LogP) is 4.03. The standard InChI is InChI=1S/C25H27N3O4S/c29-24(18-4-5-20-21(11-18)32-15-31-20)19-13-26-9-6-16(19)3-1-2-8-28-25(30)22-12-17-7-10-27-14-23(17)33-22/h4-5,7,10-12,14,16,19,26H,1-3,6,8-9,13,15H2,(H,28,30). The van der Waals surface area contributed by atoms with E-state index in [0.29, 0.717) is 40.9 Å². The second-order valence-electron chi connectivity index (χ2n) is 8.57. The average molecular weight is 466 g/mol. The van der Waals surface area contributed by atoms with E-state index in [1.165, 1.54) is 11.3 Å². The molecule has 1 fully saturated rings. The third kappa shape index (κ3) is 4.86. The lowest BCUT2D eigenvalue weighted by molar-refractivity contribution is 0.0831. The summed E-state index contributed by atoms with van der Waals surface area (Å²) in [6, 6.07) is 9.29. The first-order valence-corrected chi connectivity index (χ1v) is 12.3. The molecule has 4 heterocycles. The molecule has 2 unspecified atom stereocenters. The van der Waals surface area contributed by atoms with Gasteiger partial charge in [0.15, 0.2) is 17.3 Å². The highest BCUT2D eigenvalue weighted by molar-refractivity contribution is 7.20. The zero-order valence-electron chi connectivity index (χ0n) is 18.3. The second-order valence-corrected chi connectivity index (χ2v) is 9.65. The van der Waals surface area contributed by atoms with E-state index in [4.69, 9.17) is 9.47 Å². The summed E-state index contributed by atoms with van der Waals surface area (Å²) in [5.41, 5.74) is 0.684. The van der Waals surface area contributed by atoms with Gasteiger partial charge >= 0.3 is 0 Å². The van der Waals surface area contributed by atoms with Crippen molar-refractivity contribution in [1.29, 1.82) is 0 Å². The molecule has 3 aromatic rings. The monoisotopic (exact) mass is 465 g/mol. The number of nitrogens with zero attached hydrogens (tertiary/aromatic N) is 1. The number of carbonyl (C=O) groups excluding carboxylic acids is 2. The number of nitrogens with one attached hydrogen (secondary N) is 2. The number of thiophene rings is 1. The van der Waals surface area contributed by atoms with Crippen molar-refractivity contribution in [2.24, 2.45) is 11.8 Å². The molecule has 2 N–H and O–H groups in total. The Hall–Kier alpha value is -2.97.